The van der Waals surface area contributed by atoms with E-state index in [0.717, 1.165) is 4.47 Å². The zero-order chi connectivity index (χ0) is 8.27. The number of hydrogen-bond acceptors (Lipinski definition) is 2. The van der Waals surface area contributed by atoms with E-state index < -0.39 is 11.1 Å². The van der Waals surface area contributed by atoms with Crippen molar-refractivity contribution in [1.29, 1.82) is 0 Å². The van der Waals surface area contributed by atoms with Gasteiger partial charge >= 0.3 is 0 Å². The highest BCUT2D eigenvalue weighted by molar-refractivity contribution is 9.10. The molecular weight excluding hydrogens is 230 g/mol. The lowest BCUT2D eigenvalue weighted by Crippen LogP contribution is -1.94. The predicted octanol–water partition coefficient (Wildman–Crippen LogP) is 1.57. The minimum atomic E-state index is -1.80. The number of rotatable bonds is 2. The summed E-state index contributed by atoms with van der Waals surface area (Å²) >= 11 is 1.41. The quantitative estimate of drug-likeness (QED) is 0.793. The maximum absolute atomic E-state index is 10.3. The van der Waals surface area contributed by atoms with E-state index in [1.165, 1.54) is 0 Å². The molecule has 0 fully saturated rings. The molecule has 1 unspecified atom stereocenters. The second-order valence-corrected chi connectivity index (χ2v) is 3.78. The fourth-order valence-corrected chi connectivity index (χ4v) is 1.28. The first-order valence-electron chi connectivity index (χ1n) is 2.86. The summed E-state index contributed by atoms with van der Waals surface area (Å²) in [6.07, 6.45) is 1.60. The fourth-order valence-electron chi connectivity index (χ4n) is 0.618. The number of hydrogen-bond donors (Lipinski definition) is 1. The maximum atomic E-state index is 10.3. The van der Waals surface area contributed by atoms with Gasteiger partial charge in [-0.2, -0.15) is 0 Å². The fraction of sp³-hybridized carbons (Fsp3) is 0.167. The third kappa shape index (κ3) is 3.09. The summed E-state index contributed by atoms with van der Waals surface area (Å²) in [6, 6.07) is 3.49. The van der Waals surface area contributed by atoms with Crippen molar-refractivity contribution in [2.45, 2.75) is 5.75 Å². The van der Waals surface area contributed by atoms with Gasteiger partial charge in [-0.3, -0.25) is 4.98 Å². The van der Waals surface area contributed by atoms with Gasteiger partial charge in [-0.25, -0.2) is 4.21 Å². The smallest absolute Gasteiger partial charge is 0.158 e. The van der Waals surface area contributed by atoms with Gasteiger partial charge in [0.15, 0.2) is 11.1 Å². The minimum Gasteiger partial charge on any atom is -0.306 e. The van der Waals surface area contributed by atoms with E-state index in [4.69, 9.17) is 4.55 Å². The zero-order valence-electron chi connectivity index (χ0n) is 5.53. The van der Waals surface area contributed by atoms with Crippen molar-refractivity contribution in [3.05, 3.63) is 28.5 Å². The number of aromatic nitrogens is 1. The molecule has 5 heteroatoms. The van der Waals surface area contributed by atoms with Crippen LogP contribution in [0.3, 0.4) is 0 Å². The number of nitrogens with zero attached hydrogens (tertiary/aromatic N) is 1. The molecular formula is C6H6BrNO2S. The van der Waals surface area contributed by atoms with Crippen LogP contribution in [0.15, 0.2) is 22.8 Å². The van der Waals surface area contributed by atoms with E-state index >= 15 is 0 Å². The van der Waals surface area contributed by atoms with Crippen LogP contribution >= 0.6 is 15.9 Å². The Morgan fingerprint density at radius 1 is 1.64 bits per heavy atom. The molecule has 0 aliphatic carbocycles. The van der Waals surface area contributed by atoms with E-state index in [2.05, 4.69) is 20.9 Å². The topological polar surface area (TPSA) is 50.2 Å². The first-order valence-corrected chi connectivity index (χ1v) is 4.93. The molecule has 0 bridgehead atoms. The Hall–Kier alpha value is -0.260. The molecule has 0 aliphatic rings. The summed E-state index contributed by atoms with van der Waals surface area (Å²) in [7, 11) is 0. The average molecular weight is 236 g/mol. The Kier molecular flexibility index (Phi) is 3.16. The molecule has 0 saturated heterocycles. The maximum Gasteiger partial charge on any atom is 0.158 e. The minimum absolute atomic E-state index is 0.0906. The van der Waals surface area contributed by atoms with Crippen LogP contribution in [0.25, 0.3) is 0 Å². The molecule has 60 valence electrons. The van der Waals surface area contributed by atoms with Crippen molar-refractivity contribution in [2.24, 2.45) is 0 Å². The molecule has 3 nitrogen and oxygen atoms in total. The van der Waals surface area contributed by atoms with Crippen LogP contribution in [-0.2, 0) is 16.8 Å². The summed E-state index contributed by atoms with van der Waals surface area (Å²) in [6.45, 7) is 0. The Labute approximate surface area is 75.3 Å². The summed E-state index contributed by atoms with van der Waals surface area (Å²) in [5.74, 6) is 0.0906. The monoisotopic (exact) mass is 235 g/mol. The van der Waals surface area contributed by atoms with Gasteiger partial charge in [0.25, 0.3) is 0 Å². The standard InChI is InChI=1S/C6H6BrNO2S/c7-5-1-2-6(8-3-5)4-11(9)10/h1-3H,4H2,(H,9,10). The molecule has 1 rings (SSSR count). The SMILES string of the molecule is O=S(O)Cc1ccc(Br)cn1. The summed E-state index contributed by atoms with van der Waals surface area (Å²) in [4.78, 5) is 3.92. The largest absolute Gasteiger partial charge is 0.306 e. The van der Waals surface area contributed by atoms with Crippen LogP contribution in [0.4, 0.5) is 0 Å². The van der Waals surface area contributed by atoms with Gasteiger partial charge in [0.2, 0.25) is 0 Å². The third-order valence-electron chi connectivity index (χ3n) is 1.06. The Morgan fingerprint density at radius 2 is 2.36 bits per heavy atom. The Morgan fingerprint density at radius 3 is 2.82 bits per heavy atom. The molecule has 1 aromatic rings. The molecule has 0 saturated carbocycles. The van der Waals surface area contributed by atoms with Gasteiger partial charge in [0, 0.05) is 10.7 Å². The molecule has 1 N–H and O–H groups in total. The van der Waals surface area contributed by atoms with Crippen LogP contribution in [0, 0.1) is 0 Å². The van der Waals surface area contributed by atoms with Crippen LogP contribution in [-0.4, -0.2) is 13.7 Å². The predicted molar refractivity (Wildman–Crippen MR) is 46.4 cm³/mol. The molecule has 0 spiro atoms. The van der Waals surface area contributed by atoms with Crippen molar-refractivity contribution in [3.63, 3.8) is 0 Å². The Balaban J connectivity index is 2.74. The summed E-state index contributed by atoms with van der Waals surface area (Å²) < 4.78 is 19.7. The van der Waals surface area contributed by atoms with Crippen molar-refractivity contribution in [2.75, 3.05) is 0 Å². The van der Waals surface area contributed by atoms with Gasteiger partial charge in [0.05, 0.1) is 11.4 Å². The number of pyridine rings is 1. The van der Waals surface area contributed by atoms with E-state index in [9.17, 15) is 4.21 Å². The molecule has 1 atom stereocenters. The third-order valence-corrected chi connectivity index (χ3v) is 2.07. The van der Waals surface area contributed by atoms with Crippen molar-refractivity contribution >= 4 is 27.0 Å². The first-order chi connectivity index (χ1) is 5.18. The molecule has 1 aromatic heterocycles. The van der Waals surface area contributed by atoms with E-state index in [-0.39, 0.29) is 5.75 Å². The zero-order valence-corrected chi connectivity index (χ0v) is 7.93. The number of halogens is 1. The van der Waals surface area contributed by atoms with Gasteiger partial charge in [0.1, 0.15) is 0 Å². The van der Waals surface area contributed by atoms with Gasteiger partial charge < -0.3 is 4.55 Å². The van der Waals surface area contributed by atoms with Crippen LogP contribution in [0.2, 0.25) is 0 Å². The van der Waals surface area contributed by atoms with Crippen LogP contribution in [0.5, 0.6) is 0 Å². The second-order valence-electron chi connectivity index (χ2n) is 1.93. The molecule has 0 aromatic carbocycles. The van der Waals surface area contributed by atoms with Gasteiger partial charge in [-0.05, 0) is 28.1 Å². The summed E-state index contributed by atoms with van der Waals surface area (Å²) in [5.41, 5.74) is 0.619. The van der Waals surface area contributed by atoms with E-state index in [1.54, 1.807) is 18.3 Å². The van der Waals surface area contributed by atoms with Crippen LogP contribution in [0.1, 0.15) is 5.69 Å². The highest BCUT2D eigenvalue weighted by Crippen LogP contribution is 2.07. The van der Waals surface area contributed by atoms with E-state index in [0.29, 0.717) is 5.69 Å². The Bertz CT molecular complexity index is 262. The lowest BCUT2D eigenvalue weighted by atomic mass is 10.4. The molecule has 11 heavy (non-hydrogen) atoms. The van der Waals surface area contributed by atoms with Crippen LogP contribution < -0.4 is 0 Å². The summed E-state index contributed by atoms with van der Waals surface area (Å²) in [5, 5.41) is 0. The van der Waals surface area contributed by atoms with Gasteiger partial charge in [-0.1, -0.05) is 0 Å². The van der Waals surface area contributed by atoms with Crippen molar-refractivity contribution in [1.82, 2.24) is 4.98 Å². The second kappa shape index (κ2) is 3.94. The molecule has 0 radical (unpaired) electrons. The van der Waals surface area contributed by atoms with Crippen molar-refractivity contribution < 1.29 is 8.76 Å². The lowest BCUT2D eigenvalue weighted by molar-refractivity contribution is 0.563. The average Bonchev–Trinajstić information content (AvgIpc) is 1.93. The van der Waals surface area contributed by atoms with Crippen molar-refractivity contribution in [3.8, 4) is 0 Å². The normalized spacial score (nSPS) is 12.9. The highest BCUT2D eigenvalue weighted by Gasteiger charge is 1.97. The highest BCUT2D eigenvalue weighted by atomic mass is 79.9. The van der Waals surface area contributed by atoms with E-state index in [1.807, 2.05) is 0 Å². The molecule has 0 aliphatic heterocycles. The first kappa shape index (κ1) is 8.83. The van der Waals surface area contributed by atoms with Gasteiger partial charge in [-0.15, -0.1) is 0 Å². The lowest BCUT2D eigenvalue weighted by Gasteiger charge is -1.94. The molecule has 0 amide bonds. The molecule has 1 heterocycles.